The fourth-order valence-electron chi connectivity index (χ4n) is 1.87. The number of halogens is 1. The van der Waals surface area contributed by atoms with E-state index in [9.17, 15) is 0 Å². The topological polar surface area (TPSA) is 47.9 Å². The van der Waals surface area contributed by atoms with E-state index in [1.807, 2.05) is 18.2 Å². The Morgan fingerprint density at radius 3 is 3.06 bits per heavy atom. The molecule has 1 atom stereocenters. The third kappa shape index (κ3) is 2.75. The Hall–Kier alpha value is -1.05. The Labute approximate surface area is 104 Å². The van der Waals surface area contributed by atoms with Crippen LogP contribution in [0.25, 0.3) is 0 Å². The molecule has 1 aliphatic rings. The summed E-state index contributed by atoms with van der Waals surface area (Å²) in [6.45, 7) is 3.21. The maximum Gasteiger partial charge on any atom is 0.0992 e. The van der Waals surface area contributed by atoms with Gasteiger partial charge in [0.1, 0.15) is 0 Å². The second-order valence-electron chi connectivity index (χ2n) is 4.05. The third-order valence-corrected chi connectivity index (χ3v) is 3.50. The van der Waals surface area contributed by atoms with Gasteiger partial charge in [-0.2, -0.15) is 5.26 Å². The number of nitrogens with zero attached hydrogens (tertiary/aromatic N) is 1. The lowest BCUT2D eigenvalue weighted by Gasteiger charge is -2.12. The molecule has 0 bridgehead atoms. The van der Waals surface area contributed by atoms with Crippen LogP contribution in [0.15, 0.2) is 22.7 Å². The monoisotopic (exact) mass is 279 g/mol. The summed E-state index contributed by atoms with van der Waals surface area (Å²) in [4.78, 5) is 0. The van der Waals surface area contributed by atoms with Gasteiger partial charge >= 0.3 is 0 Å². The quantitative estimate of drug-likeness (QED) is 0.893. The van der Waals surface area contributed by atoms with Gasteiger partial charge < -0.3 is 10.6 Å². The number of anilines is 1. The van der Waals surface area contributed by atoms with Crippen molar-refractivity contribution in [2.75, 3.05) is 25.0 Å². The van der Waals surface area contributed by atoms with E-state index in [0.717, 1.165) is 29.8 Å². The van der Waals surface area contributed by atoms with Gasteiger partial charge in [0, 0.05) is 16.7 Å². The number of rotatable bonds is 3. The van der Waals surface area contributed by atoms with Crippen LogP contribution in [-0.4, -0.2) is 19.6 Å². The average molecular weight is 280 g/mol. The molecule has 1 aromatic carbocycles. The summed E-state index contributed by atoms with van der Waals surface area (Å²) >= 11 is 3.47. The van der Waals surface area contributed by atoms with Gasteiger partial charge in [0.05, 0.1) is 11.6 Å². The Morgan fingerprint density at radius 1 is 1.56 bits per heavy atom. The van der Waals surface area contributed by atoms with Crippen LogP contribution in [0.1, 0.15) is 12.0 Å². The lowest BCUT2D eigenvalue weighted by molar-refractivity contribution is 0.615. The maximum atomic E-state index is 8.76. The van der Waals surface area contributed by atoms with Crippen LogP contribution < -0.4 is 10.6 Å². The predicted molar refractivity (Wildman–Crippen MR) is 68.3 cm³/mol. The largest absolute Gasteiger partial charge is 0.384 e. The van der Waals surface area contributed by atoms with Gasteiger partial charge in [-0.3, -0.25) is 0 Å². The molecule has 1 fully saturated rings. The second-order valence-corrected chi connectivity index (χ2v) is 4.90. The first-order chi connectivity index (χ1) is 7.79. The third-order valence-electron chi connectivity index (χ3n) is 2.84. The maximum absolute atomic E-state index is 8.76. The van der Waals surface area contributed by atoms with Gasteiger partial charge in [-0.1, -0.05) is 0 Å². The number of benzene rings is 1. The number of hydrogen-bond acceptors (Lipinski definition) is 3. The lowest BCUT2D eigenvalue weighted by Crippen LogP contribution is -2.17. The van der Waals surface area contributed by atoms with Crippen LogP contribution in [0.2, 0.25) is 0 Å². The number of nitrogens with one attached hydrogen (secondary N) is 2. The molecule has 1 heterocycles. The first-order valence-corrected chi connectivity index (χ1v) is 6.23. The van der Waals surface area contributed by atoms with E-state index in [1.54, 1.807) is 0 Å². The molecule has 1 aliphatic heterocycles. The van der Waals surface area contributed by atoms with Gasteiger partial charge in [-0.15, -0.1) is 0 Å². The van der Waals surface area contributed by atoms with E-state index < -0.39 is 0 Å². The molecule has 0 radical (unpaired) electrons. The molecule has 3 nitrogen and oxygen atoms in total. The van der Waals surface area contributed by atoms with Crippen LogP contribution in [-0.2, 0) is 0 Å². The molecule has 0 spiro atoms. The average Bonchev–Trinajstić information content (AvgIpc) is 2.80. The summed E-state index contributed by atoms with van der Waals surface area (Å²) in [5.74, 6) is 0.711. The predicted octanol–water partition coefficient (Wildman–Crippen LogP) is 2.34. The minimum atomic E-state index is 0.681. The SMILES string of the molecule is N#Cc1ccc(NCC2CCNC2)c(Br)c1. The van der Waals surface area contributed by atoms with Crippen LogP contribution in [0, 0.1) is 17.2 Å². The van der Waals surface area contributed by atoms with Crippen LogP contribution in [0.4, 0.5) is 5.69 Å². The van der Waals surface area contributed by atoms with E-state index in [-0.39, 0.29) is 0 Å². The highest BCUT2D eigenvalue weighted by molar-refractivity contribution is 9.10. The van der Waals surface area contributed by atoms with Crippen LogP contribution in [0.3, 0.4) is 0 Å². The molecule has 0 amide bonds. The van der Waals surface area contributed by atoms with Crippen molar-refractivity contribution in [2.24, 2.45) is 5.92 Å². The summed E-state index contributed by atoms with van der Waals surface area (Å²) in [5, 5.41) is 15.5. The van der Waals surface area contributed by atoms with Crippen molar-refractivity contribution < 1.29 is 0 Å². The van der Waals surface area contributed by atoms with Gasteiger partial charge in [-0.25, -0.2) is 0 Å². The van der Waals surface area contributed by atoms with Crippen molar-refractivity contribution in [3.8, 4) is 6.07 Å². The van der Waals surface area contributed by atoms with Crippen LogP contribution in [0.5, 0.6) is 0 Å². The fraction of sp³-hybridized carbons (Fsp3) is 0.417. The summed E-state index contributed by atoms with van der Waals surface area (Å²) in [6, 6.07) is 7.75. The molecule has 4 heteroatoms. The summed E-state index contributed by atoms with van der Waals surface area (Å²) in [7, 11) is 0. The van der Waals surface area contributed by atoms with Crippen molar-refractivity contribution in [1.29, 1.82) is 5.26 Å². The van der Waals surface area contributed by atoms with E-state index in [4.69, 9.17) is 5.26 Å². The lowest BCUT2D eigenvalue weighted by atomic mass is 10.1. The molecule has 1 aromatic rings. The molecule has 0 saturated carbocycles. The second kappa shape index (κ2) is 5.33. The highest BCUT2D eigenvalue weighted by atomic mass is 79.9. The van der Waals surface area contributed by atoms with Crippen molar-refractivity contribution in [1.82, 2.24) is 5.32 Å². The van der Waals surface area contributed by atoms with Crippen molar-refractivity contribution >= 4 is 21.6 Å². The first-order valence-electron chi connectivity index (χ1n) is 5.44. The standard InChI is InChI=1S/C12H14BrN3/c13-11-5-9(6-14)1-2-12(11)16-8-10-3-4-15-7-10/h1-2,5,10,15-16H,3-4,7-8H2. The van der Waals surface area contributed by atoms with E-state index in [0.29, 0.717) is 11.5 Å². The molecule has 1 saturated heterocycles. The summed E-state index contributed by atoms with van der Waals surface area (Å²) in [6.07, 6.45) is 1.24. The molecular weight excluding hydrogens is 266 g/mol. The highest BCUT2D eigenvalue weighted by Crippen LogP contribution is 2.24. The molecule has 2 N–H and O–H groups in total. The van der Waals surface area contributed by atoms with Crippen molar-refractivity contribution in [3.05, 3.63) is 28.2 Å². The van der Waals surface area contributed by atoms with Gasteiger partial charge in [0.25, 0.3) is 0 Å². The summed E-state index contributed by atoms with van der Waals surface area (Å²) < 4.78 is 0.956. The fourth-order valence-corrected chi connectivity index (χ4v) is 2.39. The molecule has 2 rings (SSSR count). The van der Waals surface area contributed by atoms with E-state index >= 15 is 0 Å². The normalized spacial score (nSPS) is 19.4. The minimum Gasteiger partial charge on any atom is -0.384 e. The van der Waals surface area contributed by atoms with E-state index in [1.165, 1.54) is 6.42 Å². The Morgan fingerprint density at radius 2 is 2.44 bits per heavy atom. The smallest absolute Gasteiger partial charge is 0.0992 e. The number of nitriles is 1. The van der Waals surface area contributed by atoms with Crippen molar-refractivity contribution in [2.45, 2.75) is 6.42 Å². The zero-order valence-electron chi connectivity index (χ0n) is 8.96. The summed E-state index contributed by atoms with van der Waals surface area (Å²) in [5.41, 5.74) is 1.74. The Kier molecular flexibility index (Phi) is 3.81. The molecular formula is C12H14BrN3. The number of hydrogen-bond donors (Lipinski definition) is 2. The van der Waals surface area contributed by atoms with Gasteiger partial charge in [-0.05, 0) is 59.6 Å². The Balaban J connectivity index is 1.96. The molecule has 16 heavy (non-hydrogen) atoms. The van der Waals surface area contributed by atoms with Gasteiger partial charge in [0.15, 0.2) is 0 Å². The first kappa shape index (κ1) is 11.4. The molecule has 84 valence electrons. The van der Waals surface area contributed by atoms with Crippen LogP contribution >= 0.6 is 15.9 Å². The zero-order valence-corrected chi connectivity index (χ0v) is 10.5. The molecule has 0 aromatic heterocycles. The molecule has 1 unspecified atom stereocenters. The van der Waals surface area contributed by atoms with E-state index in [2.05, 4.69) is 32.6 Å². The Bertz CT molecular complexity index is 405. The minimum absolute atomic E-state index is 0.681. The van der Waals surface area contributed by atoms with Crippen molar-refractivity contribution in [3.63, 3.8) is 0 Å². The highest BCUT2D eigenvalue weighted by Gasteiger charge is 2.14. The van der Waals surface area contributed by atoms with Gasteiger partial charge in [0.2, 0.25) is 0 Å². The zero-order chi connectivity index (χ0) is 11.4. The molecule has 0 aliphatic carbocycles.